The van der Waals surface area contributed by atoms with Gasteiger partial charge in [-0.3, -0.25) is 0 Å². The van der Waals surface area contributed by atoms with Crippen molar-refractivity contribution in [3.63, 3.8) is 0 Å². The first-order valence-corrected chi connectivity index (χ1v) is 5.77. The maximum atomic E-state index is 11.9. The molecule has 3 heterocycles. The van der Waals surface area contributed by atoms with Gasteiger partial charge in [-0.2, -0.15) is 0 Å². The molecule has 0 aliphatic carbocycles. The molecule has 2 aromatic heterocycles. The fraction of sp³-hybridized carbons (Fsp3) is 0.500. The Kier molecular flexibility index (Phi) is 2.73. The first kappa shape index (κ1) is 12.1. The van der Waals surface area contributed by atoms with Crippen LogP contribution in [-0.2, 0) is 4.74 Å². The summed E-state index contributed by atoms with van der Waals surface area (Å²) in [5.74, 6) is 0.165. The zero-order chi connectivity index (χ0) is 13.6. The van der Waals surface area contributed by atoms with Gasteiger partial charge in [-0.05, 0) is 0 Å². The summed E-state index contributed by atoms with van der Waals surface area (Å²) in [7, 11) is 0. The van der Waals surface area contributed by atoms with E-state index in [9.17, 15) is 9.90 Å². The summed E-state index contributed by atoms with van der Waals surface area (Å²) in [6.07, 6.45) is -0.784. The molecule has 3 rings (SSSR count). The summed E-state index contributed by atoms with van der Waals surface area (Å²) in [5, 5.41) is 18.8. The number of anilines is 1. The molecule has 0 amide bonds. The number of nitrogens with one attached hydrogen (secondary N) is 1. The molecule has 0 bridgehead atoms. The third-order valence-electron chi connectivity index (χ3n) is 3.21. The SMILES string of the molecule is Nc1ncnc2c1[nH]c(=O)n2C1C[C@H](O)[C@@H](CO)O1. The number of nitrogen functional groups attached to an aromatic ring is 1. The normalized spacial score (nSPS) is 27.2. The summed E-state index contributed by atoms with van der Waals surface area (Å²) >= 11 is 0. The zero-order valence-electron chi connectivity index (χ0n) is 9.85. The third kappa shape index (κ3) is 1.79. The van der Waals surface area contributed by atoms with Gasteiger partial charge in [0.2, 0.25) is 0 Å². The number of hydrogen-bond acceptors (Lipinski definition) is 7. The van der Waals surface area contributed by atoms with Crippen LogP contribution in [-0.4, -0.2) is 48.5 Å². The topological polar surface area (TPSA) is 139 Å². The average molecular weight is 267 g/mol. The highest BCUT2D eigenvalue weighted by atomic mass is 16.5. The van der Waals surface area contributed by atoms with Crippen molar-refractivity contribution in [3.05, 3.63) is 16.8 Å². The third-order valence-corrected chi connectivity index (χ3v) is 3.21. The van der Waals surface area contributed by atoms with Crippen LogP contribution in [0.3, 0.4) is 0 Å². The zero-order valence-corrected chi connectivity index (χ0v) is 9.85. The van der Waals surface area contributed by atoms with Gasteiger partial charge in [0, 0.05) is 6.42 Å². The molecule has 5 N–H and O–H groups in total. The van der Waals surface area contributed by atoms with E-state index < -0.39 is 24.1 Å². The highest BCUT2D eigenvalue weighted by Gasteiger charge is 2.36. The second kappa shape index (κ2) is 4.30. The van der Waals surface area contributed by atoms with E-state index in [-0.39, 0.29) is 18.8 Å². The highest BCUT2D eigenvalue weighted by molar-refractivity contribution is 5.81. The largest absolute Gasteiger partial charge is 0.394 e. The van der Waals surface area contributed by atoms with E-state index in [1.54, 1.807) is 0 Å². The predicted octanol–water partition coefficient (Wildman–Crippen LogP) is -1.66. The van der Waals surface area contributed by atoms with Gasteiger partial charge in [0.25, 0.3) is 0 Å². The van der Waals surface area contributed by atoms with Gasteiger partial charge in [0.05, 0.1) is 12.7 Å². The molecule has 1 aliphatic heterocycles. The summed E-state index contributed by atoms with van der Waals surface area (Å²) in [5.41, 5.74) is 5.85. The lowest BCUT2D eigenvalue weighted by atomic mass is 10.2. The molecule has 1 saturated heterocycles. The van der Waals surface area contributed by atoms with Crippen molar-refractivity contribution in [2.75, 3.05) is 12.3 Å². The van der Waals surface area contributed by atoms with Crippen molar-refractivity contribution in [1.82, 2.24) is 19.5 Å². The lowest BCUT2D eigenvalue weighted by Crippen LogP contribution is -2.25. The van der Waals surface area contributed by atoms with Crippen LogP contribution in [0.2, 0.25) is 0 Å². The molecule has 3 atom stereocenters. The molecule has 2 aromatic rings. The number of aromatic amines is 1. The number of hydrogen-bond donors (Lipinski definition) is 4. The van der Waals surface area contributed by atoms with E-state index in [2.05, 4.69) is 15.0 Å². The number of nitrogens with two attached hydrogens (primary N) is 1. The maximum Gasteiger partial charge on any atom is 0.329 e. The van der Waals surface area contributed by atoms with Crippen molar-refractivity contribution in [3.8, 4) is 0 Å². The second-order valence-corrected chi connectivity index (χ2v) is 4.37. The van der Waals surface area contributed by atoms with E-state index in [1.807, 2.05) is 0 Å². The molecule has 1 aliphatic rings. The number of imidazole rings is 1. The number of ether oxygens (including phenoxy) is 1. The molecule has 0 aromatic carbocycles. The number of nitrogens with zero attached hydrogens (tertiary/aromatic N) is 3. The number of aromatic nitrogens is 4. The number of fused-ring (bicyclic) bond motifs is 1. The fourth-order valence-corrected chi connectivity index (χ4v) is 2.26. The van der Waals surface area contributed by atoms with Gasteiger partial charge >= 0.3 is 5.69 Å². The molecule has 102 valence electrons. The first-order chi connectivity index (χ1) is 9.11. The Morgan fingerprint density at radius 1 is 1.58 bits per heavy atom. The fourth-order valence-electron chi connectivity index (χ4n) is 2.26. The molecule has 9 heteroatoms. The Balaban J connectivity index is 2.09. The molecule has 0 spiro atoms. The lowest BCUT2D eigenvalue weighted by molar-refractivity contribution is -0.0441. The number of aliphatic hydroxyl groups excluding tert-OH is 2. The molecular formula is C10H13N5O4. The van der Waals surface area contributed by atoms with Crippen LogP contribution < -0.4 is 11.4 Å². The van der Waals surface area contributed by atoms with E-state index in [4.69, 9.17) is 15.6 Å². The van der Waals surface area contributed by atoms with Gasteiger partial charge < -0.3 is 25.7 Å². The number of aliphatic hydroxyl groups is 2. The van der Waals surface area contributed by atoms with Crippen LogP contribution in [0.5, 0.6) is 0 Å². The Morgan fingerprint density at radius 3 is 3.05 bits per heavy atom. The predicted molar refractivity (Wildman–Crippen MR) is 64.2 cm³/mol. The maximum absolute atomic E-state index is 11.9. The standard InChI is InChI=1S/C10H13N5O4/c11-8-7-9(13-3-12-8)15(10(18)14-7)6-1-4(17)5(2-16)19-6/h3-6,16-17H,1-2H2,(H,14,18)(H2,11,12,13)/t4-,5+,6?/m0/s1. The van der Waals surface area contributed by atoms with Gasteiger partial charge in [-0.15, -0.1) is 0 Å². The van der Waals surface area contributed by atoms with E-state index >= 15 is 0 Å². The van der Waals surface area contributed by atoms with E-state index in [0.717, 1.165) is 0 Å². The molecule has 1 unspecified atom stereocenters. The van der Waals surface area contributed by atoms with Crippen molar-refractivity contribution in [1.29, 1.82) is 0 Å². The van der Waals surface area contributed by atoms with E-state index in [0.29, 0.717) is 11.2 Å². The summed E-state index contributed by atoms with van der Waals surface area (Å²) in [4.78, 5) is 22.3. The van der Waals surface area contributed by atoms with Crippen LogP contribution in [0.4, 0.5) is 5.82 Å². The van der Waals surface area contributed by atoms with Gasteiger partial charge in [0.1, 0.15) is 24.2 Å². The average Bonchev–Trinajstić information content (AvgIpc) is 2.90. The Bertz CT molecular complexity index is 665. The van der Waals surface area contributed by atoms with E-state index in [1.165, 1.54) is 10.9 Å². The van der Waals surface area contributed by atoms with Crippen LogP contribution in [0.25, 0.3) is 11.2 Å². The molecule has 19 heavy (non-hydrogen) atoms. The van der Waals surface area contributed by atoms with Crippen LogP contribution in [0.15, 0.2) is 11.1 Å². The number of H-pyrrole nitrogens is 1. The second-order valence-electron chi connectivity index (χ2n) is 4.37. The lowest BCUT2D eigenvalue weighted by Gasteiger charge is -2.12. The smallest absolute Gasteiger partial charge is 0.329 e. The van der Waals surface area contributed by atoms with Crippen molar-refractivity contribution in [2.45, 2.75) is 24.9 Å². The summed E-state index contributed by atoms with van der Waals surface area (Å²) in [6, 6.07) is 0. The van der Waals surface area contributed by atoms with Gasteiger partial charge in [-0.25, -0.2) is 19.3 Å². The van der Waals surface area contributed by atoms with Crippen molar-refractivity contribution < 1.29 is 14.9 Å². The quantitative estimate of drug-likeness (QED) is 0.510. The van der Waals surface area contributed by atoms with Crippen LogP contribution >= 0.6 is 0 Å². The monoisotopic (exact) mass is 267 g/mol. The minimum atomic E-state index is -0.828. The van der Waals surface area contributed by atoms with Crippen LogP contribution in [0, 0.1) is 0 Å². The highest BCUT2D eigenvalue weighted by Crippen LogP contribution is 2.29. The van der Waals surface area contributed by atoms with Gasteiger partial charge in [-0.1, -0.05) is 0 Å². The Labute approximate surface area is 106 Å². The molecular weight excluding hydrogens is 254 g/mol. The summed E-state index contributed by atoms with van der Waals surface area (Å²) < 4.78 is 6.71. The van der Waals surface area contributed by atoms with Crippen LogP contribution in [0.1, 0.15) is 12.6 Å². The van der Waals surface area contributed by atoms with Gasteiger partial charge in [0.15, 0.2) is 11.5 Å². The molecule has 0 saturated carbocycles. The summed E-state index contributed by atoms with van der Waals surface area (Å²) in [6.45, 7) is -0.314. The Morgan fingerprint density at radius 2 is 2.37 bits per heavy atom. The Hall–Kier alpha value is -1.97. The van der Waals surface area contributed by atoms with Crippen molar-refractivity contribution in [2.24, 2.45) is 0 Å². The minimum Gasteiger partial charge on any atom is -0.394 e. The molecule has 0 radical (unpaired) electrons. The number of rotatable bonds is 2. The molecule has 9 nitrogen and oxygen atoms in total. The van der Waals surface area contributed by atoms with Crippen molar-refractivity contribution >= 4 is 17.0 Å². The first-order valence-electron chi connectivity index (χ1n) is 5.77. The molecule has 1 fully saturated rings. The minimum absolute atomic E-state index is 0.165.